The van der Waals surface area contributed by atoms with Crippen molar-refractivity contribution in [1.82, 2.24) is 9.88 Å². The molecular formula is C11H12ClN3O4. The summed E-state index contributed by atoms with van der Waals surface area (Å²) in [5.74, 6) is -0.421. The van der Waals surface area contributed by atoms with E-state index in [1.54, 1.807) is 7.11 Å². The van der Waals surface area contributed by atoms with E-state index in [4.69, 9.17) is 16.3 Å². The van der Waals surface area contributed by atoms with E-state index in [1.807, 2.05) is 0 Å². The minimum atomic E-state index is -0.638. The van der Waals surface area contributed by atoms with Crippen LogP contribution in [0.1, 0.15) is 16.8 Å². The third kappa shape index (κ3) is 2.82. The van der Waals surface area contributed by atoms with Crippen molar-refractivity contribution in [2.75, 3.05) is 20.2 Å². The Morgan fingerprint density at radius 3 is 3.00 bits per heavy atom. The molecular weight excluding hydrogens is 274 g/mol. The van der Waals surface area contributed by atoms with Gasteiger partial charge in [-0.3, -0.25) is 14.9 Å². The van der Waals surface area contributed by atoms with Crippen molar-refractivity contribution in [3.05, 3.63) is 33.1 Å². The molecule has 102 valence electrons. The minimum absolute atomic E-state index is 0.0275. The summed E-state index contributed by atoms with van der Waals surface area (Å²) in [7, 11) is 1.57. The van der Waals surface area contributed by atoms with Gasteiger partial charge in [0.2, 0.25) is 0 Å². The summed E-state index contributed by atoms with van der Waals surface area (Å²) in [5, 5.41) is 11.0. The van der Waals surface area contributed by atoms with E-state index in [0.717, 1.165) is 12.6 Å². The van der Waals surface area contributed by atoms with Crippen molar-refractivity contribution in [2.24, 2.45) is 0 Å². The Balaban J connectivity index is 2.28. The lowest BCUT2D eigenvalue weighted by Gasteiger charge is -2.16. The van der Waals surface area contributed by atoms with Gasteiger partial charge in [0.05, 0.1) is 11.0 Å². The Bertz CT molecular complexity index is 523. The van der Waals surface area contributed by atoms with Crippen LogP contribution in [0.15, 0.2) is 12.3 Å². The molecule has 0 aliphatic carbocycles. The Morgan fingerprint density at radius 1 is 1.68 bits per heavy atom. The zero-order chi connectivity index (χ0) is 14.0. The second kappa shape index (κ2) is 5.50. The minimum Gasteiger partial charge on any atom is -0.380 e. The van der Waals surface area contributed by atoms with Gasteiger partial charge in [0.1, 0.15) is 16.9 Å². The third-order valence-electron chi connectivity index (χ3n) is 3.04. The fourth-order valence-electron chi connectivity index (χ4n) is 2.01. The monoisotopic (exact) mass is 285 g/mol. The summed E-state index contributed by atoms with van der Waals surface area (Å²) in [6, 6.07) is 1.22. The van der Waals surface area contributed by atoms with Crippen LogP contribution in [0.4, 0.5) is 5.69 Å². The molecule has 0 aromatic carbocycles. The van der Waals surface area contributed by atoms with E-state index in [1.165, 1.54) is 11.0 Å². The molecule has 1 amide bonds. The number of pyridine rings is 1. The molecule has 1 atom stereocenters. The largest absolute Gasteiger partial charge is 0.380 e. The molecule has 1 aromatic rings. The van der Waals surface area contributed by atoms with E-state index >= 15 is 0 Å². The number of carbonyl (C=O) groups excluding carboxylic acids is 1. The van der Waals surface area contributed by atoms with Crippen LogP contribution in [0.25, 0.3) is 0 Å². The first kappa shape index (κ1) is 13.7. The predicted octanol–water partition coefficient (Wildman–Crippen LogP) is 1.50. The molecule has 19 heavy (non-hydrogen) atoms. The van der Waals surface area contributed by atoms with Crippen molar-refractivity contribution in [3.63, 3.8) is 0 Å². The number of rotatable bonds is 3. The lowest BCUT2D eigenvalue weighted by Crippen LogP contribution is -2.30. The number of carbonyl (C=O) groups is 1. The highest BCUT2D eigenvalue weighted by Crippen LogP contribution is 2.24. The summed E-state index contributed by atoms with van der Waals surface area (Å²) in [5.41, 5.74) is -0.378. The lowest BCUT2D eigenvalue weighted by molar-refractivity contribution is -0.385. The summed E-state index contributed by atoms with van der Waals surface area (Å²) < 4.78 is 5.16. The van der Waals surface area contributed by atoms with Gasteiger partial charge in [-0.05, 0) is 12.5 Å². The van der Waals surface area contributed by atoms with E-state index < -0.39 is 10.8 Å². The topological polar surface area (TPSA) is 85.6 Å². The molecule has 1 saturated heterocycles. The lowest BCUT2D eigenvalue weighted by atomic mass is 10.2. The van der Waals surface area contributed by atoms with Gasteiger partial charge in [-0.25, -0.2) is 4.98 Å². The van der Waals surface area contributed by atoms with Crippen LogP contribution in [-0.4, -0.2) is 47.0 Å². The van der Waals surface area contributed by atoms with Crippen LogP contribution in [0.5, 0.6) is 0 Å². The fourth-order valence-corrected chi connectivity index (χ4v) is 2.17. The maximum absolute atomic E-state index is 12.3. The number of nitrogens with zero attached hydrogens (tertiary/aromatic N) is 3. The molecule has 1 aliphatic rings. The van der Waals surface area contributed by atoms with Crippen LogP contribution in [0.2, 0.25) is 5.15 Å². The van der Waals surface area contributed by atoms with Gasteiger partial charge in [-0.15, -0.1) is 0 Å². The zero-order valence-corrected chi connectivity index (χ0v) is 11.0. The predicted molar refractivity (Wildman–Crippen MR) is 67.2 cm³/mol. The van der Waals surface area contributed by atoms with E-state index in [2.05, 4.69) is 4.98 Å². The number of aromatic nitrogens is 1. The summed E-state index contributed by atoms with van der Waals surface area (Å²) in [6.07, 6.45) is 1.69. The number of halogens is 1. The number of hydrogen-bond acceptors (Lipinski definition) is 5. The second-order valence-corrected chi connectivity index (χ2v) is 4.57. The Kier molecular flexibility index (Phi) is 3.96. The quantitative estimate of drug-likeness (QED) is 0.477. The number of hydrogen-bond donors (Lipinski definition) is 0. The molecule has 0 radical (unpaired) electrons. The summed E-state index contributed by atoms with van der Waals surface area (Å²) >= 11 is 5.70. The molecule has 2 heterocycles. The second-order valence-electron chi connectivity index (χ2n) is 4.18. The average Bonchev–Trinajstić information content (AvgIpc) is 2.86. The molecule has 1 fully saturated rings. The highest BCUT2D eigenvalue weighted by Gasteiger charge is 2.31. The standard InChI is InChI=1S/C11H12ClN3O4/c1-19-7-2-3-14(6-7)11(16)8-4-10(12)13-5-9(8)15(17)18/h4-5,7H,2-3,6H2,1H3. The molecule has 8 heteroatoms. The molecule has 0 N–H and O–H groups in total. The van der Waals surface area contributed by atoms with Gasteiger partial charge in [-0.1, -0.05) is 11.6 Å². The van der Waals surface area contributed by atoms with E-state index in [9.17, 15) is 14.9 Å². The number of amides is 1. The number of ether oxygens (including phenoxy) is 1. The molecule has 0 saturated carbocycles. The maximum Gasteiger partial charge on any atom is 0.300 e. The van der Waals surface area contributed by atoms with Gasteiger partial charge < -0.3 is 9.64 Å². The average molecular weight is 286 g/mol. The van der Waals surface area contributed by atoms with Gasteiger partial charge in [-0.2, -0.15) is 0 Å². The molecule has 1 unspecified atom stereocenters. The van der Waals surface area contributed by atoms with Gasteiger partial charge in [0, 0.05) is 20.2 Å². The molecule has 0 spiro atoms. The maximum atomic E-state index is 12.3. The number of methoxy groups -OCH3 is 1. The molecule has 0 bridgehead atoms. The van der Waals surface area contributed by atoms with Crippen LogP contribution in [0.3, 0.4) is 0 Å². The van der Waals surface area contributed by atoms with Crippen molar-refractivity contribution in [1.29, 1.82) is 0 Å². The first-order valence-corrected chi connectivity index (χ1v) is 6.02. The smallest absolute Gasteiger partial charge is 0.300 e. The van der Waals surface area contributed by atoms with Crippen LogP contribution < -0.4 is 0 Å². The normalized spacial score (nSPS) is 18.6. The molecule has 1 aromatic heterocycles. The third-order valence-corrected chi connectivity index (χ3v) is 3.25. The highest BCUT2D eigenvalue weighted by atomic mass is 35.5. The summed E-state index contributed by atoms with van der Waals surface area (Å²) in [4.78, 5) is 27.7. The summed E-state index contributed by atoms with van der Waals surface area (Å²) in [6.45, 7) is 0.931. The van der Waals surface area contributed by atoms with Crippen LogP contribution >= 0.6 is 11.6 Å². The Hall–Kier alpha value is -1.73. The Labute approximate surface area is 114 Å². The number of likely N-dealkylation sites (tertiary alicyclic amines) is 1. The van der Waals surface area contributed by atoms with Gasteiger partial charge in [0.15, 0.2) is 0 Å². The number of nitro groups is 1. The first-order chi connectivity index (χ1) is 9.02. The van der Waals surface area contributed by atoms with E-state index in [0.29, 0.717) is 13.1 Å². The zero-order valence-electron chi connectivity index (χ0n) is 10.2. The van der Waals surface area contributed by atoms with Crippen molar-refractivity contribution in [3.8, 4) is 0 Å². The molecule has 1 aliphatic heterocycles. The van der Waals surface area contributed by atoms with Crippen LogP contribution in [-0.2, 0) is 4.74 Å². The van der Waals surface area contributed by atoms with E-state index in [-0.39, 0.29) is 22.5 Å². The first-order valence-electron chi connectivity index (χ1n) is 5.65. The van der Waals surface area contributed by atoms with Crippen LogP contribution in [0, 0.1) is 10.1 Å². The fraction of sp³-hybridized carbons (Fsp3) is 0.455. The van der Waals surface area contributed by atoms with Gasteiger partial charge >= 0.3 is 0 Å². The van der Waals surface area contributed by atoms with Crippen molar-refractivity contribution < 1.29 is 14.5 Å². The highest BCUT2D eigenvalue weighted by molar-refractivity contribution is 6.29. The SMILES string of the molecule is COC1CCN(C(=O)c2cc(Cl)ncc2[N+](=O)[O-])C1. The Morgan fingerprint density at radius 2 is 2.42 bits per heavy atom. The van der Waals surface area contributed by atoms with Gasteiger partial charge in [0.25, 0.3) is 11.6 Å². The van der Waals surface area contributed by atoms with Crippen molar-refractivity contribution in [2.45, 2.75) is 12.5 Å². The van der Waals surface area contributed by atoms with Crippen molar-refractivity contribution >= 4 is 23.2 Å². The molecule has 7 nitrogen and oxygen atoms in total. The molecule has 2 rings (SSSR count).